The smallest absolute Gasteiger partial charge is 0.338 e. The van der Waals surface area contributed by atoms with Crippen molar-refractivity contribution in [2.45, 2.75) is 6.42 Å². The van der Waals surface area contributed by atoms with Crippen LogP contribution in [0.4, 0.5) is 5.69 Å². The summed E-state index contributed by atoms with van der Waals surface area (Å²) in [7, 11) is 0. The van der Waals surface area contributed by atoms with Crippen LogP contribution < -0.4 is 0 Å². The molecule has 0 aromatic heterocycles. The number of non-ortho nitro benzene ring substituents is 1. The van der Waals surface area contributed by atoms with Crippen LogP contribution >= 0.6 is 0 Å². The van der Waals surface area contributed by atoms with E-state index in [1.807, 2.05) is 30.3 Å². The highest BCUT2D eigenvalue weighted by molar-refractivity contribution is 5.89. The highest BCUT2D eigenvalue weighted by atomic mass is 16.6. The molecule has 0 saturated heterocycles. The second-order valence-electron chi connectivity index (χ2n) is 4.18. The zero-order chi connectivity index (χ0) is 14.4. The van der Waals surface area contributed by atoms with Crippen LogP contribution in [0.15, 0.2) is 54.6 Å². The van der Waals surface area contributed by atoms with Gasteiger partial charge in [0, 0.05) is 18.6 Å². The lowest BCUT2D eigenvalue weighted by atomic mass is 10.2. The normalized spacial score (nSPS) is 10.0. The zero-order valence-electron chi connectivity index (χ0n) is 10.7. The Balaban J connectivity index is 1.87. The third-order valence-corrected chi connectivity index (χ3v) is 2.78. The number of rotatable bonds is 5. The molecule has 5 heteroatoms. The van der Waals surface area contributed by atoms with Crippen molar-refractivity contribution >= 4 is 11.7 Å². The van der Waals surface area contributed by atoms with Crippen LogP contribution in [-0.2, 0) is 11.2 Å². The molecular formula is C15H13NO4. The number of nitrogens with zero attached hydrogens (tertiary/aromatic N) is 1. The van der Waals surface area contributed by atoms with E-state index < -0.39 is 10.9 Å². The van der Waals surface area contributed by atoms with E-state index >= 15 is 0 Å². The summed E-state index contributed by atoms with van der Waals surface area (Å²) < 4.78 is 5.12. The Bertz CT molecular complexity index is 593. The summed E-state index contributed by atoms with van der Waals surface area (Å²) in [5.74, 6) is -0.476. The number of nitro benzene ring substituents is 1. The molecule has 0 fully saturated rings. The largest absolute Gasteiger partial charge is 0.462 e. The molecule has 20 heavy (non-hydrogen) atoms. The molecule has 2 aromatic rings. The maximum absolute atomic E-state index is 11.7. The van der Waals surface area contributed by atoms with Gasteiger partial charge in [-0.15, -0.1) is 0 Å². The second kappa shape index (κ2) is 6.47. The first kappa shape index (κ1) is 13.7. The van der Waals surface area contributed by atoms with Crippen LogP contribution in [0, 0.1) is 10.1 Å². The fourth-order valence-corrected chi connectivity index (χ4v) is 1.71. The fraction of sp³-hybridized carbons (Fsp3) is 0.133. The fourth-order valence-electron chi connectivity index (χ4n) is 1.71. The summed E-state index contributed by atoms with van der Waals surface area (Å²) in [5, 5.41) is 10.5. The summed E-state index contributed by atoms with van der Waals surface area (Å²) >= 11 is 0. The molecule has 0 radical (unpaired) electrons. The predicted molar refractivity (Wildman–Crippen MR) is 73.5 cm³/mol. The quantitative estimate of drug-likeness (QED) is 0.476. The molecule has 0 bridgehead atoms. The monoisotopic (exact) mass is 271 g/mol. The van der Waals surface area contributed by atoms with Crippen LogP contribution in [0.25, 0.3) is 0 Å². The van der Waals surface area contributed by atoms with Gasteiger partial charge in [-0.2, -0.15) is 0 Å². The zero-order valence-corrected chi connectivity index (χ0v) is 10.7. The first-order valence-electron chi connectivity index (χ1n) is 6.12. The number of esters is 1. The lowest BCUT2D eigenvalue weighted by Gasteiger charge is -2.04. The van der Waals surface area contributed by atoms with E-state index in [4.69, 9.17) is 4.74 Å². The van der Waals surface area contributed by atoms with E-state index in [9.17, 15) is 14.9 Å². The van der Waals surface area contributed by atoms with Crippen molar-refractivity contribution in [2.24, 2.45) is 0 Å². The van der Waals surface area contributed by atoms with Gasteiger partial charge in [0.2, 0.25) is 0 Å². The van der Waals surface area contributed by atoms with E-state index in [1.54, 1.807) is 0 Å². The van der Waals surface area contributed by atoms with Crippen molar-refractivity contribution < 1.29 is 14.5 Å². The van der Waals surface area contributed by atoms with Crippen molar-refractivity contribution in [1.29, 1.82) is 0 Å². The average molecular weight is 271 g/mol. The molecule has 5 nitrogen and oxygen atoms in total. The van der Waals surface area contributed by atoms with E-state index in [1.165, 1.54) is 24.3 Å². The summed E-state index contributed by atoms with van der Waals surface area (Å²) in [4.78, 5) is 21.7. The van der Waals surface area contributed by atoms with Crippen LogP contribution in [0.5, 0.6) is 0 Å². The maximum atomic E-state index is 11.7. The minimum absolute atomic E-state index is 0.0502. The van der Waals surface area contributed by atoms with Crippen molar-refractivity contribution in [2.75, 3.05) is 6.61 Å². The molecule has 0 N–H and O–H groups in total. The number of carbonyl (C=O) groups excluding carboxylic acids is 1. The number of benzene rings is 2. The molecule has 2 aromatic carbocycles. The van der Waals surface area contributed by atoms with Gasteiger partial charge in [-0.25, -0.2) is 4.79 Å². The summed E-state index contributed by atoms with van der Waals surface area (Å²) in [5.41, 5.74) is 1.35. The van der Waals surface area contributed by atoms with E-state index in [-0.39, 0.29) is 12.3 Å². The van der Waals surface area contributed by atoms with E-state index in [0.717, 1.165) is 5.56 Å². The topological polar surface area (TPSA) is 69.4 Å². The van der Waals surface area contributed by atoms with Crippen LogP contribution in [0.1, 0.15) is 15.9 Å². The van der Waals surface area contributed by atoms with Gasteiger partial charge >= 0.3 is 5.97 Å². The number of hydrogen-bond acceptors (Lipinski definition) is 4. The molecule has 0 spiro atoms. The highest BCUT2D eigenvalue weighted by Crippen LogP contribution is 2.12. The van der Waals surface area contributed by atoms with Gasteiger partial charge in [0.25, 0.3) is 5.69 Å². The van der Waals surface area contributed by atoms with Crippen LogP contribution in [0.2, 0.25) is 0 Å². The van der Waals surface area contributed by atoms with Crippen molar-refractivity contribution in [3.05, 3.63) is 75.8 Å². The molecule has 0 saturated carbocycles. The summed E-state index contributed by atoms with van der Waals surface area (Å²) in [6, 6.07) is 15.0. The Labute approximate surface area is 116 Å². The van der Waals surface area contributed by atoms with Crippen molar-refractivity contribution in [3.63, 3.8) is 0 Å². The molecule has 0 unspecified atom stereocenters. The van der Waals surface area contributed by atoms with Gasteiger partial charge in [0.05, 0.1) is 17.1 Å². The van der Waals surface area contributed by atoms with E-state index in [2.05, 4.69) is 0 Å². The van der Waals surface area contributed by atoms with Gasteiger partial charge in [-0.1, -0.05) is 30.3 Å². The van der Waals surface area contributed by atoms with Crippen LogP contribution in [0.3, 0.4) is 0 Å². The van der Waals surface area contributed by atoms with Gasteiger partial charge in [0.15, 0.2) is 0 Å². The summed E-state index contributed by atoms with van der Waals surface area (Å²) in [6.45, 7) is 0.278. The Morgan fingerprint density at radius 1 is 1.05 bits per heavy atom. The SMILES string of the molecule is O=C(OCCc1ccccc1)c1ccc([N+](=O)[O-])cc1. The van der Waals surface area contributed by atoms with Crippen molar-refractivity contribution in [1.82, 2.24) is 0 Å². The number of hydrogen-bond donors (Lipinski definition) is 0. The van der Waals surface area contributed by atoms with Gasteiger partial charge in [-0.3, -0.25) is 10.1 Å². The lowest BCUT2D eigenvalue weighted by molar-refractivity contribution is -0.384. The third-order valence-electron chi connectivity index (χ3n) is 2.78. The number of ether oxygens (including phenoxy) is 1. The first-order valence-corrected chi connectivity index (χ1v) is 6.12. The molecule has 0 aliphatic rings. The van der Waals surface area contributed by atoms with Gasteiger partial charge in [-0.05, 0) is 17.7 Å². The molecule has 0 atom stereocenters. The lowest BCUT2D eigenvalue weighted by Crippen LogP contribution is -2.08. The number of carbonyl (C=O) groups is 1. The second-order valence-corrected chi connectivity index (χ2v) is 4.18. The first-order chi connectivity index (χ1) is 9.66. The minimum atomic E-state index is -0.509. The number of nitro groups is 1. The molecule has 0 aliphatic heterocycles. The van der Waals surface area contributed by atoms with Crippen LogP contribution in [-0.4, -0.2) is 17.5 Å². The van der Waals surface area contributed by atoms with Gasteiger partial charge in [0.1, 0.15) is 0 Å². The van der Waals surface area contributed by atoms with Crippen molar-refractivity contribution in [3.8, 4) is 0 Å². The Kier molecular flexibility index (Phi) is 4.44. The minimum Gasteiger partial charge on any atom is -0.462 e. The Hall–Kier alpha value is -2.69. The highest BCUT2D eigenvalue weighted by Gasteiger charge is 2.10. The molecule has 0 heterocycles. The standard InChI is InChI=1S/C15H13NO4/c17-15(13-6-8-14(9-7-13)16(18)19)20-11-10-12-4-2-1-3-5-12/h1-9H,10-11H2. The molecule has 0 aliphatic carbocycles. The molecule has 2 rings (SSSR count). The molecular weight excluding hydrogens is 258 g/mol. The van der Waals surface area contributed by atoms with E-state index in [0.29, 0.717) is 12.0 Å². The van der Waals surface area contributed by atoms with Gasteiger partial charge < -0.3 is 4.74 Å². The Morgan fingerprint density at radius 2 is 1.70 bits per heavy atom. The molecule has 0 amide bonds. The molecule has 102 valence electrons. The summed E-state index contributed by atoms with van der Waals surface area (Å²) in [6.07, 6.45) is 0.638. The predicted octanol–water partition coefficient (Wildman–Crippen LogP) is 2.99. The average Bonchev–Trinajstić information content (AvgIpc) is 2.48. The maximum Gasteiger partial charge on any atom is 0.338 e. The Morgan fingerprint density at radius 3 is 2.30 bits per heavy atom. The third kappa shape index (κ3) is 3.65.